The lowest BCUT2D eigenvalue weighted by Gasteiger charge is -2.31. The highest BCUT2D eigenvalue weighted by molar-refractivity contribution is 7.92. The van der Waals surface area contributed by atoms with Crippen LogP contribution in [0, 0.1) is 0 Å². The number of benzene rings is 2. The van der Waals surface area contributed by atoms with Crippen molar-refractivity contribution in [2.75, 3.05) is 17.7 Å². The van der Waals surface area contributed by atoms with Gasteiger partial charge < -0.3 is 10.1 Å². The predicted octanol–water partition coefficient (Wildman–Crippen LogP) is 4.42. The maximum Gasteiger partial charge on any atom is 0.244 e. The lowest BCUT2D eigenvalue weighted by molar-refractivity contribution is -0.122. The van der Waals surface area contributed by atoms with Gasteiger partial charge in [0.2, 0.25) is 15.9 Å². The number of halogens is 2. The average molecular weight is 459 g/mol. The monoisotopic (exact) mass is 458 g/mol. The molecule has 0 saturated heterocycles. The first-order valence-corrected chi connectivity index (χ1v) is 11.6. The average Bonchev–Trinajstić information content (AvgIpc) is 2.63. The SMILES string of the molecule is CC[C@H](C(=O)N[C@H](C)c1ccccc1OC)N(c1cc(Cl)cc(Cl)c1)S(C)(=O)=O. The largest absolute Gasteiger partial charge is 0.496 e. The summed E-state index contributed by atoms with van der Waals surface area (Å²) in [6, 6.07) is 10.4. The first kappa shape index (κ1) is 23.3. The van der Waals surface area contributed by atoms with Gasteiger partial charge in [0, 0.05) is 15.6 Å². The molecule has 0 spiro atoms. The van der Waals surface area contributed by atoms with E-state index in [2.05, 4.69) is 5.32 Å². The van der Waals surface area contributed by atoms with Gasteiger partial charge in [0.15, 0.2) is 0 Å². The van der Waals surface area contributed by atoms with Crippen molar-refractivity contribution < 1.29 is 17.9 Å². The number of nitrogens with one attached hydrogen (secondary N) is 1. The van der Waals surface area contributed by atoms with E-state index in [-0.39, 0.29) is 22.2 Å². The van der Waals surface area contributed by atoms with Crippen molar-refractivity contribution in [2.24, 2.45) is 0 Å². The highest BCUT2D eigenvalue weighted by atomic mass is 35.5. The summed E-state index contributed by atoms with van der Waals surface area (Å²) < 4.78 is 31.5. The lowest BCUT2D eigenvalue weighted by atomic mass is 10.1. The van der Waals surface area contributed by atoms with Crippen molar-refractivity contribution in [3.05, 3.63) is 58.1 Å². The Labute approximate surface area is 181 Å². The Morgan fingerprint density at radius 2 is 1.76 bits per heavy atom. The van der Waals surface area contributed by atoms with E-state index in [4.69, 9.17) is 27.9 Å². The van der Waals surface area contributed by atoms with Gasteiger partial charge in [-0.25, -0.2) is 8.42 Å². The van der Waals surface area contributed by atoms with Gasteiger partial charge in [-0.1, -0.05) is 48.3 Å². The Kier molecular flexibility index (Phi) is 7.80. The van der Waals surface area contributed by atoms with Crippen LogP contribution in [-0.2, 0) is 14.8 Å². The van der Waals surface area contributed by atoms with Crippen molar-refractivity contribution in [3.8, 4) is 5.75 Å². The molecule has 29 heavy (non-hydrogen) atoms. The van der Waals surface area contributed by atoms with E-state index in [9.17, 15) is 13.2 Å². The van der Waals surface area contributed by atoms with Crippen LogP contribution in [0.1, 0.15) is 31.9 Å². The summed E-state index contributed by atoms with van der Waals surface area (Å²) in [6.45, 7) is 3.55. The van der Waals surface area contributed by atoms with Crippen LogP contribution in [0.15, 0.2) is 42.5 Å². The second kappa shape index (κ2) is 9.69. The fraction of sp³-hybridized carbons (Fsp3) is 0.350. The number of nitrogens with zero attached hydrogens (tertiary/aromatic N) is 1. The highest BCUT2D eigenvalue weighted by Crippen LogP contribution is 2.30. The topological polar surface area (TPSA) is 75.7 Å². The van der Waals surface area contributed by atoms with Crippen LogP contribution < -0.4 is 14.4 Å². The van der Waals surface area contributed by atoms with E-state index in [1.165, 1.54) is 18.2 Å². The fourth-order valence-electron chi connectivity index (χ4n) is 3.14. The molecule has 158 valence electrons. The number of carbonyl (C=O) groups is 1. The second-order valence-corrected chi connectivity index (χ2v) is 9.32. The third kappa shape index (κ3) is 5.78. The number of methoxy groups -OCH3 is 1. The summed E-state index contributed by atoms with van der Waals surface area (Å²) in [5, 5.41) is 3.44. The molecule has 2 rings (SSSR count). The molecule has 0 heterocycles. The van der Waals surface area contributed by atoms with Gasteiger partial charge >= 0.3 is 0 Å². The van der Waals surface area contributed by atoms with Crippen LogP contribution in [0.25, 0.3) is 0 Å². The number of para-hydroxylation sites is 1. The molecule has 0 unspecified atom stereocenters. The Morgan fingerprint density at radius 3 is 2.28 bits per heavy atom. The quantitative estimate of drug-likeness (QED) is 0.634. The van der Waals surface area contributed by atoms with E-state index in [1.807, 2.05) is 25.1 Å². The molecule has 2 atom stereocenters. The molecule has 0 aliphatic heterocycles. The minimum absolute atomic E-state index is 0.233. The summed E-state index contributed by atoms with van der Waals surface area (Å²) in [5.74, 6) is 0.197. The van der Waals surface area contributed by atoms with Gasteiger partial charge in [-0.15, -0.1) is 0 Å². The van der Waals surface area contributed by atoms with Crippen LogP contribution in [0.5, 0.6) is 5.75 Å². The number of amides is 1. The zero-order valence-electron chi connectivity index (χ0n) is 16.6. The lowest BCUT2D eigenvalue weighted by Crippen LogP contribution is -2.49. The molecule has 9 heteroatoms. The third-order valence-electron chi connectivity index (χ3n) is 4.40. The number of hydrogen-bond donors (Lipinski definition) is 1. The zero-order chi connectivity index (χ0) is 21.8. The van der Waals surface area contributed by atoms with E-state index in [0.29, 0.717) is 5.75 Å². The van der Waals surface area contributed by atoms with Gasteiger partial charge in [0.25, 0.3) is 0 Å². The minimum Gasteiger partial charge on any atom is -0.496 e. The second-order valence-electron chi connectivity index (χ2n) is 6.58. The molecule has 6 nitrogen and oxygen atoms in total. The van der Waals surface area contributed by atoms with Gasteiger partial charge in [-0.3, -0.25) is 9.10 Å². The van der Waals surface area contributed by atoms with Crippen molar-refractivity contribution in [3.63, 3.8) is 0 Å². The van der Waals surface area contributed by atoms with E-state index in [0.717, 1.165) is 16.1 Å². The van der Waals surface area contributed by atoms with Gasteiger partial charge in [0.05, 0.1) is 25.1 Å². The molecule has 1 amide bonds. The standard InChI is InChI=1S/C20H24Cl2N2O4S/c1-5-18(20(25)23-13(2)17-8-6-7-9-19(17)28-3)24(29(4,26)27)16-11-14(21)10-15(22)12-16/h6-13,18H,5H2,1-4H3,(H,23,25)/t13-,18-/m1/s1. The fourth-order valence-corrected chi connectivity index (χ4v) is 4.85. The minimum atomic E-state index is -3.79. The molecule has 2 aromatic carbocycles. The number of sulfonamides is 1. The smallest absolute Gasteiger partial charge is 0.244 e. The molecule has 0 aliphatic rings. The van der Waals surface area contributed by atoms with E-state index < -0.39 is 28.0 Å². The first-order valence-electron chi connectivity index (χ1n) is 8.97. The van der Waals surface area contributed by atoms with E-state index in [1.54, 1.807) is 20.1 Å². The highest BCUT2D eigenvalue weighted by Gasteiger charge is 2.32. The summed E-state index contributed by atoms with van der Waals surface area (Å²) in [4.78, 5) is 13.1. The molecular formula is C20H24Cl2N2O4S. The maximum atomic E-state index is 13.1. The number of ether oxygens (including phenoxy) is 1. The number of hydrogen-bond acceptors (Lipinski definition) is 4. The summed E-state index contributed by atoms with van der Waals surface area (Å²) in [5.41, 5.74) is 1.02. The molecule has 0 fully saturated rings. The Morgan fingerprint density at radius 1 is 1.17 bits per heavy atom. The van der Waals surface area contributed by atoms with Crippen LogP contribution in [0.2, 0.25) is 10.0 Å². The van der Waals surface area contributed by atoms with Gasteiger partial charge in [-0.05, 0) is 37.6 Å². The Hall–Kier alpha value is -1.96. The molecule has 2 aromatic rings. The van der Waals surface area contributed by atoms with Crippen LogP contribution in [0.3, 0.4) is 0 Å². The molecule has 0 radical (unpaired) electrons. The number of carbonyl (C=O) groups excluding carboxylic acids is 1. The zero-order valence-corrected chi connectivity index (χ0v) is 19.0. The Bertz CT molecular complexity index is 962. The summed E-state index contributed by atoms with van der Waals surface area (Å²) in [7, 11) is -2.24. The van der Waals surface area contributed by atoms with Crippen LogP contribution in [0.4, 0.5) is 5.69 Å². The summed E-state index contributed by atoms with van der Waals surface area (Å²) >= 11 is 12.1. The normalized spacial score (nSPS) is 13.4. The van der Waals surface area contributed by atoms with Gasteiger partial charge in [-0.2, -0.15) is 0 Å². The first-order chi connectivity index (χ1) is 13.6. The number of anilines is 1. The third-order valence-corrected chi connectivity index (χ3v) is 6.01. The van der Waals surface area contributed by atoms with Crippen molar-refractivity contribution in [1.82, 2.24) is 5.32 Å². The van der Waals surface area contributed by atoms with Gasteiger partial charge in [0.1, 0.15) is 11.8 Å². The summed E-state index contributed by atoms with van der Waals surface area (Å²) in [6.07, 6.45) is 1.29. The van der Waals surface area contributed by atoms with Crippen molar-refractivity contribution in [2.45, 2.75) is 32.4 Å². The Balaban J connectivity index is 2.38. The number of rotatable bonds is 8. The van der Waals surface area contributed by atoms with Crippen molar-refractivity contribution >= 4 is 44.8 Å². The molecule has 1 N–H and O–H groups in total. The van der Waals surface area contributed by atoms with Crippen LogP contribution >= 0.6 is 23.2 Å². The van der Waals surface area contributed by atoms with Crippen molar-refractivity contribution in [1.29, 1.82) is 0 Å². The maximum absolute atomic E-state index is 13.1. The van der Waals surface area contributed by atoms with E-state index >= 15 is 0 Å². The molecule has 0 aromatic heterocycles. The predicted molar refractivity (Wildman–Crippen MR) is 117 cm³/mol. The molecule has 0 bridgehead atoms. The molecule has 0 saturated carbocycles. The molecule has 0 aliphatic carbocycles. The van der Waals surface area contributed by atoms with Crippen LogP contribution in [-0.4, -0.2) is 33.7 Å². The molecular weight excluding hydrogens is 435 g/mol.